The minimum Gasteiger partial charge on any atom is -0.335 e. The zero-order valence-electron chi connectivity index (χ0n) is 16.1. The van der Waals surface area contributed by atoms with E-state index in [9.17, 15) is 31.5 Å². The Bertz CT molecular complexity index is 1240. The Kier molecular flexibility index (Phi) is 5.19. The molecule has 13 heteroatoms. The Morgan fingerprint density at radius 1 is 1.28 bits per heavy atom. The summed E-state index contributed by atoms with van der Waals surface area (Å²) in [7, 11) is 1.17. The molecule has 0 saturated carbocycles. The molecule has 2 aromatic heterocycles. The highest BCUT2D eigenvalue weighted by Gasteiger charge is 2.42. The molecular formula is C19H13ClF5N5O2. The maximum atomic E-state index is 14.4. The number of hydrogen-bond donors (Lipinski definition) is 1. The van der Waals surface area contributed by atoms with E-state index in [0.717, 1.165) is 32.5 Å². The predicted molar refractivity (Wildman–Crippen MR) is 105 cm³/mol. The number of likely N-dealkylation sites (N-methyl/N-ethyl adjacent to an activating group) is 1. The van der Waals surface area contributed by atoms with E-state index >= 15 is 0 Å². The van der Waals surface area contributed by atoms with E-state index in [1.54, 1.807) is 0 Å². The quantitative estimate of drug-likeness (QED) is 0.464. The molecule has 1 aliphatic rings. The van der Waals surface area contributed by atoms with Gasteiger partial charge in [-0.3, -0.25) is 14.1 Å². The van der Waals surface area contributed by atoms with Gasteiger partial charge < -0.3 is 10.2 Å². The first kappa shape index (κ1) is 21.8. The number of carbonyl (C=O) groups excluding carboxylic acids is 2. The molecule has 0 bridgehead atoms. The second kappa shape index (κ2) is 7.62. The molecule has 1 fully saturated rings. The predicted octanol–water partition coefficient (Wildman–Crippen LogP) is 3.85. The van der Waals surface area contributed by atoms with Crippen molar-refractivity contribution in [3.63, 3.8) is 0 Å². The maximum Gasteiger partial charge on any atom is 0.431 e. The fraction of sp³-hybridized carbons (Fsp3) is 0.211. The zero-order valence-corrected chi connectivity index (χ0v) is 16.9. The Morgan fingerprint density at radius 2 is 2.00 bits per heavy atom. The fourth-order valence-electron chi connectivity index (χ4n) is 3.43. The van der Waals surface area contributed by atoms with Gasteiger partial charge in [0.05, 0.1) is 5.69 Å². The first-order valence-corrected chi connectivity index (χ1v) is 9.42. The van der Waals surface area contributed by atoms with Crippen LogP contribution in [-0.2, 0) is 11.0 Å². The number of alkyl halides is 3. The summed E-state index contributed by atoms with van der Waals surface area (Å²) in [5.41, 5.74) is -1.56. The van der Waals surface area contributed by atoms with Crippen molar-refractivity contribution in [1.82, 2.24) is 14.7 Å². The standard InChI is InChI=1S/C19H13ClF5N5O2/c1-28(10-5-4-9(21)15(20)16(10)22)17(31)11-8-26-18(32)30(11)14-7-12(19(23,24)25)29-6-2-3-13(29)27-14/h2-7,11H,8H2,1H3,(H,26,32). The first-order valence-electron chi connectivity index (χ1n) is 9.04. The second-order valence-electron chi connectivity index (χ2n) is 6.90. The maximum absolute atomic E-state index is 14.4. The summed E-state index contributed by atoms with van der Waals surface area (Å²) in [5, 5.41) is 1.55. The van der Waals surface area contributed by atoms with Gasteiger partial charge in [-0.1, -0.05) is 11.6 Å². The molecule has 1 unspecified atom stereocenters. The molecule has 0 radical (unpaired) electrons. The minimum absolute atomic E-state index is 0.0922. The summed E-state index contributed by atoms with van der Waals surface area (Å²) in [5.74, 6) is -3.49. The molecule has 3 heterocycles. The van der Waals surface area contributed by atoms with Crippen LogP contribution >= 0.6 is 11.6 Å². The molecule has 168 valence electrons. The topological polar surface area (TPSA) is 70.0 Å². The Hall–Kier alpha value is -3.41. The van der Waals surface area contributed by atoms with Crippen molar-refractivity contribution in [2.24, 2.45) is 0 Å². The van der Waals surface area contributed by atoms with Crippen LogP contribution in [0.3, 0.4) is 0 Å². The highest BCUT2D eigenvalue weighted by Crippen LogP contribution is 2.34. The number of aromatic nitrogens is 2. The third-order valence-electron chi connectivity index (χ3n) is 4.99. The van der Waals surface area contributed by atoms with Crippen molar-refractivity contribution in [1.29, 1.82) is 0 Å². The number of fused-ring (bicyclic) bond motifs is 1. The number of hydrogen-bond acceptors (Lipinski definition) is 3. The number of rotatable bonds is 3. The van der Waals surface area contributed by atoms with Crippen LogP contribution in [0.15, 0.2) is 36.5 Å². The summed E-state index contributed by atoms with van der Waals surface area (Å²) in [6.07, 6.45) is -3.61. The molecule has 0 aliphatic carbocycles. The average Bonchev–Trinajstić information content (AvgIpc) is 3.35. The molecule has 32 heavy (non-hydrogen) atoms. The number of halogens is 6. The molecule has 4 rings (SSSR count). The number of anilines is 2. The third-order valence-corrected chi connectivity index (χ3v) is 5.33. The smallest absolute Gasteiger partial charge is 0.335 e. The summed E-state index contributed by atoms with van der Waals surface area (Å²) < 4.78 is 69.3. The Balaban J connectivity index is 1.75. The number of urea groups is 1. The van der Waals surface area contributed by atoms with Gasteiger partial charge in [-0.25, -0.2) is 18.6 Å². The normalized spacial score (nSPS) is 16.5. The summed E-state index contributed by atoms with van der Waals surface area (Å²) in [4.78, 5) is 31.1. The van der Waals surface area contributed by atoms with E-state index in [4.69, 9.17) is 11.6 Å². The lowest BCUT2D eigenvalue weighted by atomic mass is 10.2. The molecule has 7 nitrogen and oxygen atoms in total. The molecular weight excluding hydrogens is 461 g/mol. The third kappa shape index (κ3) is 3.49. The highest BCUT2D eigenvalue weighted by molar-refractivity contribution is 6.31. The first-order chi connectivity index (χ1) is 15.0. The van der Waals surface area contributed by atoms with E-state index < -0.39 is 52.3 Å². The lowest BCUT2D eigenvalue weighted by Crippen LogP contribution is -2.47. The van der Waals surface area contributed by atoms with Crippen LogP contribution in [0.5, 0.6) is 0 Å². The largest absolute Gasteiger partial charge is 0.431 e. The van der Waals surface area contributed by atoms with Gasteiger partial charge in [-0.05, 0) is 24.3 Å². The molecule has 3 amide bonds. The number of carbonyl (C=O) groups is 2. The van der Waals surface area contributed by atoms with Crippen molar-refractivity contribution < 1.29 is 31.5 Å². The van der Waals surface area contributed by atoms with Crippen LogP contribution < -0.4 is 15.1 Å². The minimum atomic E-state index is -4.77. The Labute approximate surface area is 182 Å². The highest BCUT2D eigenvalue weighted by atomic mass is 35.5. The van der Waals surface area contributed by atoms with Gasteiger partial charge in [0.1, 0.15) is 34.0 Å². The fourth-order valence-corrected chi connectivity index (χ4v) is 3.59. The molecule has 1 aliphatic heterocycles. The van der Waals surface area contributed by atoms with E-state index in [2.05, 4.69) is 10.3 Å². The van der Waals surface area contributed by atoms with E-state index in [-0.39, 0.29) is 17.9 Å². The van der Waals surface area contributed by atoms with E-state index in [1.807, 2.05) is 0 Å². The van der Waals surface area contributed by atoms with Crippen molar-refractivity contribution in [2.75, 3.05) is 23.4 Å². The molecule has 1 atom stereocenters. The number of amides is 3. The number of nitrogens with zero attached hydrogens (tertiary/aromatic N) is 4. The van der Waals surface area contributed by atoms with Gasteiger partial charge in [0, 0.05) is 25.9 Å². The van der Waals surface area contributed by atoms with Gasteiger partial charge >= 0.3 is 12.2 Å². The zero-order chi connectivity index (χ0) is 23.4. The van der Waals surface area contributed by atoms with Gasteiger partial charge in [-0.15, -0.1) is 0 Å². The second-order valence-corrected chi connectivity index (χ2v) is 7.28. The lowest BCUT2D eigenvalue weighted by molar-refractivity contribution is -0.142. The van der Waals surface area contributed by atoms with Crippen molar-refractivity contribution >= 4 is 40.7 Å². The van der Waals surface area contributed by atoms with Crippen LogP contribution in [0, 0.1) is 11.6 Å². The lowest BCUT2D eigenvalue weighted by Gasteiger charge is -2.27. The summed E-state index contributed by atoms with van der Waals surface area (Å²) in [6.45, 7) is -0.270. The van der Waals surface area contributed by atoms with Crippen molar-refractivity contribution in [3.05, 3.63) is 58.9 Å². The van der Waals surface area contributed by atoms with Crippen molar-refractivity contribution in [3.8, 4) is 0 Å². The van der Waals surface area contributed by atoms with E-state index in [1.165, 1.54) is 19.2 Å². The van der Waals surface area contributed by atoms with Gasteiger partial charge in [-0.2, -0.15) is 13.2 Å². The molecule has 0 spiro atoms. The average molecular weight is 474 g/mol. The van der Waals surface area contributed by atoms with Crippen LogP contribution in [0.25, 0.3) is 5.65 Å². The van der Waals surface area contributed by atoms with Crippen molar-refractivity contribution in [2.45, 2.75) is 12.2 Å². The molecule has 1 N–H and O–H groups in total. The SMILES string of the molecule is CN(C(=O)C1CNC(=O)N1c1cc(C(F)(F)F)n2cccc2n1)c1ccc(F)c(Cl)c1F. The van der Waals surface area contributed by atoms with Crippen LogP contribution in [0.1, 0.15) is 5.69 Å². The molecule has 1 aromatic carbocycles. The Morgan fingerprint density at radius 3 is 2.69 bits per heavy atom. The summed E-state index contributed by atoms with van der Waals surface area (Å²) in [6, 6.07) is 2.95. The van der Waals surface area contributed by atoms with Gasteiger partial charge in [0.2, 0.25) is 0 Å². The van der Waals surface area contributed by atoms with E-state index in [0.29, 0.717) is 6.07 Å². The summed E-state index contributed by atoms with van der Waals surface area (Å²) >= 11 is 5.56. The monoisotopic (exact) mass is 473 g/mol. The van der Waals surface area contributed by atoms with Gasteiger partial charge in [0.25, 0.3) is 5.91 Å². The van der Waals surface area contributed by atoms with Gasteiger partial charge in [0.15, 0.2) is 5.82 Å². The van der Waals surface area contributed by atoms with Crippen LogP contribution in [0.4, 0.5) is 38.3 Å². The molecule has 1 saturated heterocycles. The van der Waals surface area contributed by atoms with Crippen LogP contribution in [0.2, 0.25) is 5.02 Å². The number of nitrogens with one attached hydrogen (secondary N) is 1. The van der Waals surface area contributed by atoms with Crippen LogP contribution in [-0.4, -0.2) is 41.0 Å². The molecule has 3 aromatic rings. The number of benzene rings is 1.